The molecule has 1 aromatic rings. The SMILES string of the molecule is COC(=O)c1cc(NN2CCN(C)CC2)ccn1. The molecule has 1 N–H and O–H groups in total. The summed E-state index contributed by atoms with van der Waals surface area (Å²) < 4.78 is 4.65. The average Bonchev–Trinajstić information content (AvgIpc) is 2.41. The number of hydrogen-bond acceptors (Lipinski definition) is 6. The monoisotopic (exact) mass is 250 g/mol. The highest BCUT2D eigenvalue weighted by Crippen LogP contribution is 2.11. The second kappa shape index (κ2) is 5.79. The van der Waals surface area contributed by atoms with Crippen LogP contribution < -0.4 is 5.43 Å². The van der Waals surface area contributed by atoms with Gasteiger partial charge in [0, 0.05) is 32.4 Å². The fourth-order valence-electron chi connectivity index (χ4n) is 1.82. The average molecular weight is 250 g/mol. The minimum Gasteiger partial charge on any atom is -0.464 e. The number of aromatic nitrogens is 1. The Hall–Kier alpha value is -1.66. The molecule has 1 aliphatic rings. The van der Waals surface area contributed by atoms with Crippen molar-refractivity contribution in [2.75, 3.05) is 45.8 Å². The van der Waals surface area contributed by atoms with Crippen LogP contribution in [0.2, 0.25) is 0 Å². The Morgan fingerprint density at radius 2 is 2.11 bits per heavy atom. The van der Waals surface area contributed by atoms with Crippen LogP contribution in [0.4, 0.5) is 5.69 Å². The molecule has 0 amide bonds. The largest absolute Gasteiger partial charge is 0.464 e. The van der Waals surface area contributed by atoms with E-state index < -0.39 is 5.97 Å². The zero-order valence-corrected chi connectivity index (χ0v) is 10.7. The number of piperazine rings is 1. The maximum Gasteiger partial charge on any atom is 0.356 e. The lowest BCUT2D eigenvalue weighted by atomic mass is 10.3. The minimum atomic E-state index is -0.419. The smallest absolute Gasteiger partial charge is 0.356 e. The van der Waals surface area contributed by atoms with Crippen molar-refractivity contribution in [3.8, 4) is 0 Å². The van der Waals surface area contributed by atoms with Gasteiger partial charge < -0.3 is 15.1 Å². The van der Waals surface area contributed by atoms with Gasteiger partial charge in [0.05, 0.1) is 12.8 Å². The molecular formula is C12H18N4O2. The number of nitrogens with one attached hydrogen (secondary N) is 1. The van der Waals surface area contributed by atoms with Crippen LogP contribution in [0.25, 0.3) is 0 Å². The Morgan fingerprint density at radius 1 is 1.39 bits per heavy atom. The fourth-order valence-corrected chi connectivity index (χ4v) is 1.82. The number of carbonyl (C=O) groups is 1. The molecule has 6 nitrogen and oxygen atoms in total. The molecule has 1 aromatic heterocycles. The van der Waals surface area contributed by atoms with E-state index in [4.69, 9.17) is 0 Å². The molecule has 0 bridgehead atoms. The molecule has 98 valence electrons. The predicted octanol–water partition coefficient (Wildman–Crippen LogP) is 0.442. The van der Waals surface area contributed by atoms with Crippen LogP contribution in [0, 0.1) is 0 Å². The van der Waals surface area contributed by atoms with E-state index in [1.807, 2.05) is 6.07 Å². The van der Waals surface area contributed by atoms with Crippen molar-refractivity contribution >= 4 is 11.7 Å². The molecular weight excluding hydrogens is 232 g/mol. The molecule has 0 atom stereocenters. The molecule has 0 spiro atoms. The number of ether oxygens (including phenoxy) is 1. The fraction of sp³-hybridized carbons (Fsp3) is 0.500. The highest BCUT2D eigenvalue weighted by Gasteiger charge is 2.14. The molecule has 6 heteroatoms. The number of rotatable bonds is 3. The molecule has 0 radical (unpaired) electrons. The first-order valence-electron chi connectivity index (χ1n) is 5.93. The van der Waals surface area contributed by atoms with Gasteiger partial charge in [-0.1, -0.05) is 0 Å². The molecule has 18 heavy (non-hydrogen) atoms. The van der Waals surface area contributed by atoms with Gasteiger partial charge in [0.1, 0.15) is 5.69 Å². The number of carbonyl (C=O) groups excluding carboxylic acids is 1. The second-order valence-electron chi connectivity index (χ2n) is 4.32. The molecule has 1 fully saturated rings. The standard InChI is InChI=1S/C12H18N4O2/c1-15-5-7-16(8-6-15)14-10-3-4-13-11(9-10)12(17)18-2/h3-4,9H,5-8H2,1-2H3,(H,13,14). The highest BCUT2D eigenvalue weighted by molar-refractivity contribution is 5.88. The van der Waals surface area contributed by atoms with E-state index in [0.29, 0.717) is 5.69 Å². The molecule has 0 aliphatic carbocycles. The summed E-state index contributed by atoms with van der Waals surface area (Å²) in [7, 11) is 3.46. The van der Waals surface area contributed by atoms with Crippen LogP contribution in [-0.2, 0) is 4.74 Å². The first-order chi connectivity index (χ1) is 8.69. The van der Waals surface area contributed by atoms with Gasteiger partial charge in [-0.15, -0.1) is 0 Å². The highest BCUT2D eigenvalue weighted by atomic mass is 16.5. The summed E-state index contributed by atoms with van der Waals surface area (Å²) in [6.07, 6.45) is 1.60. The second-order valence-corrected chi connectivity index (χ2v) is 4.32. The summed E-state index contributed by atoms with van der Waals surface area (Å²) in [4.78, 5) is 17.6. The van der Waals surface area contributed by atoms with Crippen molar-refractivity contribution in [3.63, 3.8) is 0 Å². The van der Waals surface area contributed by atoms with Crippen molar-refractivity contribution in [3.05, 3.63) is 24.0 Å². The minimum absolute atomic E-state index is 0.316. The summed E-state index contributed by atoms with van der Waals surface area (Å²) >= 11 is 0. The Balaban J connectivity index is 1.99. The first-order valence-corrected chi connectivity index (χ1v) is 5.93. The normalized spacial score (nSPS) is 17.4. The third kappa shape index (κ3) is 3.18. The van der Waals surface area contributed by atoms with Gasteiger partial charge in [-0.3, -0.25) is 0 Å². The van der Waals surface area contributed by atoms with E-state index in [-0.39, 0.29) is 0 Å². The van der Waals surface area contributed by atoms with Gasteiger partial charge in [-0.2, -0.15) is 0 Å². The molecule has 0 aromatic carbocycles. The van der Waals surface area contributed by atoms with Crippen molar-refractivity contribution in [1.29, 1.82) is 0 Å². The van der Waals surface area contributed by atoms with Gasteiger partial charge >= 0.3 is 5.97 Å². The molecule has 0 saturated carbocycles. The zero-order valence-electron chi connectivity index (χ0n) is 10.7. The van der Waals surface area contributed by atoms with Gasteiger partial charge in [0.15, 0.2) is 0 Å². The predicted molar refractivity (Wildman–Crippen MR) is 68.3 cm³/mol. The van der Waals surface area contributed by atoms with Crippen LogP contribution in [0.15, 0.2) is 18.3 Å². The molecule has 2 rings (SSSR count). The number of pyridine rings is 1. The van der Waals surface area contributed by atoms with Crippen molar-refractivity contribution in [2.45, 2.75) is 0 Å². The van der Waals surface area contributed by atoms with E-state index in [2.05, 4.69) is 32.1 Å². The van der Waals surface area contributed by atoms with Gasteiger partial charge in [0.25, 0.3) is 0 Å². The maximum absolute atomic E-state index is 11.4. The number of nitrogens with zero attached hydrogens (tertiary/aromatic N) is 3. The summed E-state index contributed by atoms with van der Waals surface area (Å²) in [5.41, 5.74) is 4.45. The molecule has 0 unspecified atom stereocenters. The Morgan fingerprint density at radius 3 is 2.78 bits per heavy atom. The molecule has 1 saturated heterocycles. The quantitative estimate of drug-likeness (QED) is 0.786. The number of methoxy groups -OCH3 is 1. The van der Waals surface area contributed by atoms with Crippen molar-refractivity contribution in [2.24, 2.45) is 0 Å². The van der Waals surface area contributed by atoms with Crippen LogP contribution in [0.3, 0.4) is 0 Å². The number of hydrogen-bond donors (Lipinski definition) is 1. The van der Waals surface area contributed by atoms with Gasteiger partial charge in [-0.05, 0) is 19.2 Å². The first kappa shape index (κ1) is 12.8. The number of hydrazine groups is 1. The van der Waals surface area contributed by atoms with Crippen LogP contribution in [0.5, 0.6) is 0 Å². The lowest BCUT2D eigenvalue weighted by Crippen LogP contribution is -2.46. The van der Waals surface area contributed by atoms with Gasteiger partial charge in [-0.25, -0.2) is 14.8 Å². The van der Waals surface area contributed by atoms with E-state index >= 15 is 0 Å². The van der Waals surface area contributed by atoms with Crippen LogP contribution in [-0.4, -0.2) is 61.2 Å². The van der Waals surface area contributed by atoms with Crippen molar-refractivity contribution < 1.29 is 9.53 Å². The lowest BCUT2D eigenvalue weighted by molar-refractivity contribution is 0.0594. The Kier molecular flexibility index (Phi) is 4.11. The van der Waals surface area contributed by atoms with Gasteiger partial charge in [0.2, 0.25) is 0 Å². The summed E-state index contributed by atoms with van der Waals surface area (Å²) in [5, 5.41) is 2.14. The van der Waals surface area contributed by atoms with Crippen molar-refractivity contribution in [1.82, 2.24) is 14.9 Å². The van der Waals surface area contributed by atoms with E-state index in [9.17, 15) is 4.79 Å². The third-order valence-electron chi connectivity index (χ3n) is 2.94. The number of anilines is 1. The summed E-state index contributed by atoms with van der Waals surface area (Å²) in [6.45, 7) is 3.96. The maximum atomic E-state index is 11.4. The number of likely N-dealkylation sites (N-methyl/N-ethyl adjacent to an activating group) is 1. The third-order valence-corrected chi connectivity index (χ3v) is 2.94. The van der Waals surface area contributed by atoms with E-state index in [1.54, 1.807) is 12.3 Å². The Bertz CT molecular complexity index is 416. The summed E-state index contributed by atoms with van der Waals surface area (Å²) in [6, 6.07) is 3.54. The molecule has 2 heterocycles. The van der Waals surface area contributed by atoms with E-state index in [1.165, 1.54) is 7.11 Å². The van der Waals surface area contributed by atoms with Crippen LogP contribution in [0.1, 0.15) is 10.5 Å². The topological polar surface area (TPSA) is 57.7 Å². The zero-order chi connectivity index (χ0) is 13.0. The van der Waals surface area contributed by atoms with Crippen LogP contribution >= 0.6 is 0 Å². The molecule has 1 aliphatic heterocycles. The Labute approximate surface area is 107 Å². The lowest BCUT2D eigenvalue weighted by Gasteiger charge is -2.33. The van der Waals surface area contributed by atoms with E-state index in [0.717, 1.165) is 31.9 Å². The number of esters is 1. The summed E-state index contributed by atoms with van der Waals surface area (Å²) in [5.74, 6) is -0.419.